The highest BCUT2D eigenvalue weighted by Gasteiger charge is 2.46. The van der Waals surface area contributed by atoms with E-state index in [1.807, 2.05) is 34.9 Å². The van der Waals surface area contributed by atoms with Crippen LogP contribution in [0, 0.1) is 17.2 Å². The van der Waals surface area contributed by atoms with Gasteiger partial charge in [-0.15, -0.1) is 0 Å². The third-order valence-electron chi connectivity index (χ3n) is 8.91. The smallest absolute Gasteiger partial charge is 0.409 e. The molecule has 0 aliphatic carbocycles. The summed E-state index contributed by atoms with van der Waals surface area (Å²) < 4.78 is 8.62. The number of nitrogens with one attached hydrogen (secondary N) is 1. The Labute approximate surface area is 252 Å². The van der Waals surface area contributed by atoms with Gasteiger partial charge in [-0.1, -0.05) is 41.5 Å². The third kappa shape index (κ3) is 6.41. The van der Waals surface area contributed by atoms with Crippen molar-refractivity contribution >= 4 is 32.7 Å². The summed E-state index contributed by atoms with van der Waals surface area (Å²) in [6.45, 7) is 20.6. The van der Waals surface area contributed by atoms with E-state index in [0.717, 1.165) is 41.0 Å². The topological polar surface area (TPSA) is 112 Å². The lowest BCUT2D eigenvalue weighted by atomic mass is 9.83. The van der Waals surface area contributed by atoms with Crippen LogP contribution in [0.5, 0.6) is 0 Å². The van der Waals surface area contributed by atoms with Crippen LogP contribution in [-0.4, -0.2) is 53.3 Å². The molecule has 0 fully saturated rings. The highest BCUT2D eigenvalue weighted by Crippen LogP contribution is 2.47. The van der Waals surface area contributed by atoms with Crippen LogP contribution in [0.3, 0.4) is 0 Å². The average Bonchev–Trinajstić information content (AvgIpc) is 3.42. The summed E-state index contributed by atoms with van der Waals surface area (Å²) in [7, 11) is -0.819. The molecule has 42 heavy (non-hydrogen) atoms. The normalized spacial score (nSPS) is 17.0. The molecule has 2 N–H and O–H groups in total. The largest absolute Gasteiger partial charge is 0.432 e. The van der Waals surface area contributed by atoms with Crippen molar-refractivity contribution in [3.63, 3.8) is 0 Å². The first-order valence-corrected chi connectivity index (χ1v) is 17.8. The quantitative estimate of drug-likeness (QED) is 0.266. The summed E-state index contributed by atoms with van der Waals surface area (Å²) in [4.78, 5) is 11.2. The molecule has 1 aliphatic rings. The van der Waals surface area contributed by atoms with Gasteiger partial charge in [0.15, 0.2) is 8.32 Å². The molecule has 0 saturated carbocycles. The predicted molar refractivity (Wildman–Crippen MR) is 174 cm³/mol. The van der Waals surface area contributed by atoms with Crippen molar-refractivity contribution in [3.05, 3.63) is 47.4 Å². The summed E-state index contributed by atoms with van der Waals surface area (Å²) in [6, 6.07) is 8.22. The summed E-state index contributed by atoms with van der Waals surface area (Å²) in [6.07, 6.45) is 5.51. The van der Waals surface area contributed by atoms with E-state index in [4.69, 9.17) is 9.41 Å². The Hall–Kier alpha value is -3.20. The van der Waals surface area contributed by atoms with Crippen LogP contribution >= 0.6 is 0 Å². The summed E-state index contributed by atoms with van der Waals surface area (Å²) in [5, 5.41) is 28.8. The molecule has 0 bridgehead atoms. The number of rotatable bonds is 10. The standard InChI is InChI=1S/C31H46BN7O2Si/c1-21(2)11-12-27-26(18-35-38(27)8)37-29-34-14-13-25(36-29)22-15-23(17-33)28-24(16-22)31(6,19-39(28)32(7)40)20-41-42(9,10)30(3,4)5/h13-16,18,21,40H,11-12,19-20H2,1-10H3,(H,34,36,37)/t31-/m1/s1. The maximum atomic E-state index is 10.7. The molecule has 1 atom stereocenters. The van der Waals surface area contributed by atoms with Crippen LogP contribution in [0.1, 0.15) is 64.8 Å². The van der Waals surface area contributed by atoms with Gasteiger partial charge in [0.2, 0.25) is 5.95 Å². The number of aromatic nitrogens is 4. The molecule has 0 spiro atoms. The zero-order valence-corrected chi connectivity index (χ0v) is 27.9. The molecule has 1 aliphatic heterocycles. The highest BCUT2D eigenvalue weighted by molar-refractivity contribution is 6.74. The van der Waals surface area contributed by atoms with E-state index < -0.39 is 20.8 Å². The minimum atomic E-state index is -2.03. The zero-order valence-electron chi connectivity index (χ0n) is 26.9. The highest BCUT2D eigenvalue weighted by atomic mass is 28.4. The van der Waals surface area contributed by atoms with Crippen molar-refractivity contribution in [2.75, 3.05) is 23.3 Å². The Morgan fingerprint density at radius 1 is 1.29 bits per heavy atom. The number of anilines is 3. The second-order valence-electron chi connectivity index (χ2n) is 13.9. The first kappa shape index (κ1) is 31.7. The molecule has 0 unspecified atom stereocenters. The molecular weight excluding hydrogens is 541 g/mol. The van der Waals surface area contributed by atoms with Crippen molar-refractivity contribution in [1.29, 1.82) is 5.26 Å². The fourth-order valence-corrected chi connectivity index (χ4v) is 6.28. The van der Waals surface area contributed by atoms with E-state index in [1.165, 1.54) is 0 Å². The Morgan fingerprint density at radius 2 is 2.00 bits per heavy atom. The van der Waals surface area contributed by atoms with Gasteiger partial charge in [0.1, 0.15) is 6.07 Å². The fourth-order valence-electron chi connectivity index (χ4n) is 5.17. The summed E-state index contributed by atoms with van der Waals surface area (Å²) in [5.74, 6) is 1.06. The van der Waals surface area contributed by atoms with Gasteiger partial charge >= 0.3 is 7.05 Å². The van der Waals surface area contributed by atoms with Gasteiger partial charge in [-0.05, 0) is 67.5 Å². The second kappa shape index (κ2) is 11.8. The molecule has 0 radical (unpaired) electrons. The number of benzene rings is 1. The number of fused-ring (bicyclic) bond motifs is 1. The molecule has 0 amide bonds. The number of nitriles is 1. The molecule has 1 aromatic carbocycles. The van der Waals surface area contributed by atoms with Crippen LogP contribution in [-0.2, 0) is 23.3 Å². The van der Waals surface area contributed by atoms with Crippen LogP contribution < -0.4 is 10.1 Å². The van der Waals surface area contributed by atoms with E-state index >= 15 is 0 Å². The lowest BCUT2D eigenvalue weighted by Gasteiger charge is -2.39. The molecule has 9 nitrogen and oxygen atoms in total. The van der Waals surface area contributed by atoms with Crippen LogP contribution in [0.15, 0.2) is 30.6 Å². The Morgan fingerprint density at radius 3 is 2.62 bits per heavy atom. The van der Waals surface area contributed by atoms with E-state index in [-0.39, 0.29) is 5.04 Å². The van der Waals surface area contributed by atoms with Gasteiger partial charge in [0.05, 0.1) is 28.8 Å². The number of nitrogens with zero attached hydrogens (tertiary/aromatic N) is 6. The lowest BCUT2D eigenvalue weighted by molar-refractivity contribution is 0.218. The van der Waals surface area contributed by atoms with Gasteiger partial charge in [-0.25, -0.2) is 9.97 Å². The predicted octanol–water partition coefficient (Wildman–Crippen LogP) is 6.29. The Bertz CT molecular complexity index is 1470. The molecule has 0 saturated heterocycles. The molecule has 3 heterocycles. The zero-order chi connectivity index (χ0) is 31.0. The molecule has 4 rings (SSSR count). The molecule has 224 valence electrons. The minimum absolute atomic E-state index is 0.0711. The molecular formula is C31H46BN7O2Si. The maximum absolute atomic E-state index is 10.7. The van der Waals surface area contributed by atoms with Gasteiger partial charge in [0, 0.05) is 43.1 Å². The fraction of sp³-hybridized carbons (Fsp3) is 0.548. The van der Waals surface area contributed by atoms with Crippen molar-refractivity contribution in [2.24, 2.45) is 13.0 Å². The Balaban J connectivity index is 1.72. The molecule has 2 aromatic heterocycles. The van der Waals surface area contributed by atoms with E-state index in [2.05, 4.69) is 82.2 Å². The number of hydrogen-bond acceptors (Lipinski definition) is 8. The number of hydrogen-bond donors (Lipinski definition) is 2. The van der Waals surface area contributed by atoms with Crippen molar-refractivity contribution in [1.82, 2.24) is 19.7 Å². The second-order valence-corrected chi connectivity index (χ2v) is 18.7. The van der Waals surface area contributed by atoms with Crippen LogP contribution in [0.25, 0.3) is 11.3 Å². The third-order valence-corrected chi connectivity index (χ3v) is 13.4. The average molecular weight is 588 g/mol. The van der Waals surface area contributed by atoms with Crippen molar-refractivity contribution in [2.45, 2.75) is 84.8 Å². The van der Waals surface area contributed by atoms with Crippen molar-refractivity contribution < 1.29 is 9.45 Å². The SMILES string of the molecule is CB(O)N1C[C@](C)(CO[Si](C)(C)C(C)(C)C)c2cc(-c3ccnc(Nc4cnn(C)c4CCC(C)C)n3)cc(C#N)c21. The number of aryl methyl sites for hydroxylation is 1. The Kier molecular flexibility index (Phi) is 8.93. The molecule has 11 heteroatoms. The monoisotopic (exact) mass is 587 g/mol. The lowest BCUT2D eigenvalue weighted by Crippen LogP contribution is -2.47. The van der Waals surface area contributed by atoms with Gasteiger partial charge in [0.25, 0.3) is 0 Å². The van der Waals surface area contributed by atoms with E-state index in [9.17, 15) is 10.3 Å². The first-order valence-electron chi connectivity index (χ1n) is 14.8. The first-order chi connectivity index (χ1) is 19.6. The van der Waals surface area contributed by atoms with Gasteiger partial charge < -0.3 is 19.6 Å². The minimum Gasteiger partial charge on any atom is -0.432 e. The van der Waals surface area contributed by atoms with Gasteiger partial charge in [-0.3, -0.25) is 4.68 Å². The summed E-state index contributed by atoms with van der Waals surface area (Å²) in [5.41, 5.74) is 5.40. The van der Waals surface area contributed by atoms with Crippen LogP contribution in [0.2, 0.25) is 25.0 Å². The molecule has 3 aromatic rings. The maximum Gasteiger partial charge on any atom is 0.409 e. The van der Waals surface area contributed by atoms with Crippen molar-refractivity contribution in [3.8, 4) is 17.3 Å². The van der Waals surface area contributed by atoms with Crippen LogP contribution in [0.4, 0.5) is 17.3 Å². The van der Waals surface area contributed by atoms with E-state index in [0.29, 0.717) is 36.3 Å². The van der Waals surface area contributed by atoms with E-state index in [1.54, 1.807) is 13.0 Å². The summed E-state index contributed by atoms with van der Waals surface area (Å²) >= 11 is 0. The van der Waals surface area contributed by atoms with Gasteiger partial charge in [-0.2, -0.15) is 10.4 Å².